The lowest BCUT2D eigenvalue weighted by atomic mass is 10.1. The first-order chi connectivity index (χ1) is 8.70. The predicted octanol–water partition coefficient (Wildman–Crippen LogP) is 2.87. The molecule has 2 nitrogen and oxygen atoms in total. The zero-order valence-electron chi connectivity index (χ0n) is 11.0. The lowest BCUT2D eigenvalue weighted by Gasteiger charge is -2.24. The van der Waals surface area contributed by atoms with E-state index in [-0.39, 0.29) is 12.4 Å². The summed E-state index contributed by atoms with van der Waals surface area (Å²) >= 11 is 0. The number of benzene rings is 1. The van der Waals surface area contributed by atoms with Gasteiger partial charge < -0.3 is 5.11 Å². The van der Waals surface area contributed by atoms with Gasteiger partial charge in [-0.05, 0) is 56.3 Å². The summed E-state index contributed by atoms with van der Waals surface area (Å²) in [5.74, 6) is -0.112. The number of hydrogen-bond donors (Lipinski definition) is 1. The van der Waals surface area contributed by atoms with Gasteiger partial charge in [0, 0.05) is 19.2 Å². The van der Waals surface area contributed by atoms with Gasteiger partial charge in [-0.2, -0.15) is 0 Å². The summed E-state index contributed by atoms with van der Waals surface area (Å²) in [7, 11) is 0. The minimum absolute atomic E-state index is 0.112. The molecule has 1 unspecified atom stereocenters. The fourth-order valence-electron chi connectivity index (χ4n) is 2.73. The summed E-state index contributed by atoms with van der Waals surface area (Å²) in [4.78, 5) is 2.42. The van der Waals surface area contributed by atoms with Crippen LogP contribution in [0.1, 0.15) is 36.8 Å². The monoisotopic (exact) mass is 251 g/mol. The van der Waals surface area contributed by atoms with Crippen molar-refractivity contribution < 1.29 is 9.50 Å². The van der Waals surface area contributed by atoms with Crippen molar-refractivity contribution >= 4 is 0 Å². The van der Waals surface area contributed by atoms with E-state index in [9.17, 15) is 4.39 Å². The minimum Gasteiger partial charge on any atom is -0.396 e. The second-order valence-electron chi connectivity index (χ2n) is 5.22. The topological polar surface area (TPSA) is 23.5 Å². The number of aryl methyl sites for hydroxylation is 1. The van der Waals surface area contributed by atoms with Crippen LogP contribution >= 0.6 is 0 Å². The number of aliphatic hydroxyl groups excluding tert-OH is 1. The first kappa shape index (κ1) is 13.5. The average molecular weight is 251 g/mol. The molecular formula is C15H22FNO. The van der Waals surface area contributed by atoms with Crippen LogP contribution in [0.15, 0.2) is 18.2 Å². The highest BCUT2D eigenvalue weighted by Gasteiger charge is 2.23. The third kappa shape index (κ3) is 3.30. The molecule has 1 aromatic carbocycles. The molecule has 0 saturated carbocycles. The van der Waals surface area contributed by atoms with Crippen molar-refractivity contribution in [2.45, 2.75) is 45.2 Å². The lowest BCUT2D eigenvalue weighted by molar-refractivity contribution is 0.210. The maximum atomic E-state index is 13.5. The highest BCUT2D eigenvalue weighted by Crippen LogP contribution is 2.24. The van der Waals surface area contributed by atoms with Crippen LogP contribution < -0.4 is 0 Å². The molecule has 3 heteroatoms. The number of rotatable bonds is 5. The lowest BCUT2D eigenvalue weighted by Crippen LogP contribution is -2.29. The van der Waals surface area contributed by atoms with Crippen molar-refractivity contribution in [1.82, 2.24) is 4.90 Å². The summed E-state index contributed by atoms with van der Waals surface area (Å²) in [6.07, 6.45) is 4.33. The van der Waals surface area contributed by atoms with Crippen LogP contribution in [0.2, 0.25) is 0 Å². The first-order valence-electron chi connectivity index (χ1n) is 6.80. The molecule has 0 aliphatic carbocycles. The number of hydrogen-bond acceptors (Lipinski definition) is 2. The smallest absolute Gasteiger partial charge is 0.126 e. The van der Waals surface area contributed by atoms with Crippen molar-refractivity contribution in [3.05, 3.63) is 35.1 Å². The Hall–Kier alpha value is -0.930. The molecule has 1 atom stereocenters. The van der Waals surface area contributed by atoms with Crippen molar-refractivity contribution in [2.24, 2.45) is 0 Å². The SMILES string of the molecule is Cc1ccc(CN2CCCC2CCCO)cc1F. The second kappa shape index (κ2) is 6.30. The fourth-order valence-corrected chi connectivity index (χ4v) is 2.73. The van der Waals surface area contributed by atoms with E-state index in [0.29, 0.717) is 11.6 Å². The molecule has 0 bridgehead atoms. The summed E-state index contributed by atoms with van der Waals surface area (Å²) < 4.78 is 13.5. The zero-order valence-corrected chi connectivity index (χ0v) is 11.0. The molecule has 1 fully saturated rings. The van der Waals surface area contributed by atoms with Gasteiger partial charge in [-0.1, -0.05) is 12.1 Å². The maximum Gasteiger partial charge on any atom is 0.126 e. The van der Waals surface area contributed by atoms with E-state index in [0.717, 1.165) is 31.5 Å². The van der Waals surface area contributed by atoms with Gasteiger partial charge in [-0.3, -0.25) is 4.90 Å². The molecule has 0 amide bonds. The van der Waals surface area contributed by atoms with Crippen molar-refractivity contribution in [1.29, 1.82) is 0 Å². The quantitative estimate of drug-likeness (QED) is 0.870. The largest absolute Gasteiger partial charge is 0.396 e. The minimum atomic E-state index is -0.112. The standard InChI is InChI=1S/C15H22FNO/c1-12-6-7-13(10-15(12)16)11-17-8-2-4-14(17)5-3-9-18/h6-7,10,14,18H,2-5,8-9,11H2,1H3. The van der Waals surface area contributed by atoms with Crippen LogP contribution in [0.4, 0.5) is 4.39 Å². The Morgan fingerprint density at radius 3 is 3.00 bits per heavy atom. The van der Waals surface area contributed by atoms with Crippen LogP contribution in [0, 0.1) is 12.7 Å². The van der Waals surface area contributed by atoms with Crippen LogP contribution in [-0.2, 0) is 6.54 Å². The number of aliphatic hydroxyl groups is 1. The summed E-state index contributed by atoms with van der Waals surface area (Å²) in [6, 6.07) is 6.07. The van der Waals surface area contributed by atoms with E-state index in [1.807, 2.05) is 12.1 Å². The molecule has 2 rings (SSSR count). The Morgan fingerprint density at radius 2 is 2.28 bits per heavy atom. The van der Waals surface area contributed by atoms with Gasteiger partial charge in [0.15, 0.2) is 0 Å². The summed E-state index contributed by atoms with van der Waals surface area (Å²) in [6.45, 7) is 3.97. The molecule has 1 heterocycles. The molecule has 0 radical (unpaired) electrons. The van der Waals surface area contributed by atoms with Crippen molar-refractivity contribution in [2.75, 3.05) is 13.2 Å². The molecule has 1 aromatic rings. The van der Waals surface area contributed by atoms with Crippen LogP contribution in [0.5, 0.6) is 0 Å². The summed E-state index contributed by atoms with van der Waals surface area (Å²) in [5.41, 5.74) is 1.76. The number of halogens is 1. The average Bonchev–Trinajstić information content (AvgIpc) is 2.79. The number of nitrogens with zero attached hydrogens (tertiary/aromatic N) is 1. The van der Waals surface area contributed by atoms with Crippen LogP contribution in [0.3, 0.4) is 0 Å². The predicted molar refractivity (Wildman–Crippen MR) is 70.9 cm³/mol. The molecule has 18 heavy (non-hydrogen) atoms. The third-order valence-corrected chi connectivity index (χ3v) is 3.82. The van der Waals surface area contributed by atoms with Gasteiger partial charge >= 0.3 is 0 Å². The normalized spacial score (nSPS) is 20.5. The van der Waals surface area contributed by atoms with Crippen molar-refractivity contribution in [3.8, 4) is 0 Å². The third-order valence-electron chi connectivity index (χ3n) is 3.82. The van der Waals surface area contributed by atoms with E-state index in [1.165, 1.54) is 12.8 Å². The van der Waals surface area contributed by atoms with Gasteiger partial charge in [0.05, 0.1) is 0 Å². The molecule has 100 valence electrons. The molecule has 1 saturated heterocycles. The van der Waals surface area contributed by atoms with Gasteiger partial charge in [0.2, 0.25) is 0 Å². The Kier molecular flexibility index (Phi) is 4.72. The Bertz CT molecular complexity index is 394. The van der Waals surface area contributed by atoms with E-state index < -0.39 is 0 Å². The van der Waals surface area contributed by atoms with Gasteiger partial charge in [0.25, 0.3) is 0 Å². The van der Waals surface area contributed by atoms with Crippen LogP contribution in [-0.4, -0.2) is 29.2 Å². The maximum absolute atomic E-state index is 13.5. The van der Waals surface area contributed by atoms with E-state index in [4.69, 9.17) is 5.11 Å². The van der Waals surface area contributed by atoms with E-state index in [2.05, 4.69) is 4.90 Å². The number of likely N-dealkylation sites (tertiary alicyclic amines) is 1. The van der Waals surface area contributed by atoms with Gasteiger partial charge in [-0.15, -0.1) is 0 Å². The Morgan fingerprint density at radius 1 is 1.44 bits per heavy atom. The molecule has 1 N–H and O–H groups in total. The first-order valence-corrected chi connectivity index (χ1v) is 6.80. The second-order valence-corrected chi connectivity index (χ2v) is 5.22. The zero-order chi connectivity index (χ0) is 13.0. The van der Waals surface area contributed by atoms with Crippen molar-refractivity contribution in [3.63, 3.8) is 0 Å². The highest BCUT2D eigenvalue weighted by molar-refractivity contribution is 5.23. The Balaban J connectivity index is 1.96. The summed E-state index contributed by atoms with van der Waals surface area (Å²) in [5, 5.41) is 8.90. The van der Waals surface area contributed by atoms with Crippen LogP contribution in [0.25, 0.3) is 0 Å². The van der Waals surface area contributed by atoms with Gasteiger partial charge in [0.1, 0.15) is 5.82 Å². The molecule has 1 aliphatic heterocycles. The van der Waals surface area contributed by atoms with Gasteiger partial charge in [-0.25, -0.2) is 4.39 Å². The molecule has 0 aromatic heterocycles. The molecular weight excluding hydrogens is 229 g/mol. The fraction of sp³-hybridized carbons (Fsp3) is 0.600. The van der Waals surface area contributed by atoms with E-state index in [1.54, 1.807) is 13.0 Å². The molecule has 1 aliphatic rings. The Labute approximate surface area is 108 Å². The highest BCUT2D eigenvalue weighted by atomic mass is 19.1. The van der Waals surface area contributed by atoms with E-state index >= 15 is 0 Å². The molecule has 0 spiro atoms.